The molecular formula is C101H135N9O18V2-2. The van der Waals surface area contributed by atoms with Crippen molar-refractivity contribution >= 4 is 87.1 Å². The summed E-state index contributed by atoms with van der Waals surface area (Å²) in [6, 6.07) is 14.7. The van der Waals surface area contributed by atoms with Gasteiger partial charge >= 0.3 is 17.9 Å². The molecule has 9 heterocycles. The van der Waals surface area contributed by atoms with Crippen LogP contribution >= 0.6 is 0 Å². The number of ether oxygens (including phenoxy) is 9. The molecule has 3 aromatic carbocycles. The number of hydrogen-bond donors (Lipinski definition) is 0. The van der Waals surface area contributed by atoms with Gasteiger partial charge in [0, 0.05) is 67.1 Å². The molecule has 6 aliphatic heterocycles. The first-order chi connectivity index (χ1) is 61.1. The minimum absolute atomic E-state index is 0. The molecule has 6 aromatic rings. The van der Waals surface area contributed by atoms with Gasteiger partial charge < -0.3 is 66.9 Å². The number of esters is 3. The van der Waals surface area contributed by atoms with E-state index in [4.69, 9.17) is 72.5 Å². The van der Waals surface area contributed by atoms with Crippen molar-refractivity contribution in [3.63, 3.8) is 0 Å². The van der Waals surface area contributed by atoms with Gasteiger partial charge in [0.2, 0.25) is 35.4 Å². The molecule has 130 heavy (non-hydrogen) atoms. The van der Waals surface area contributed by atoms with Gasteiger partial charge in [-0.25, -0.2) is 42.5 Å². The fraction of sp³-hybridized carbons (Fsp3) is 0.673. The zero-order valence-corrected chi connectivity index (χ0v) is 82.0. The zero-order chi connectivity index (χ0) is 91.6. The fourth-order valence-electron chi connectivity index (χ4n) is 21.4. The molecule has 0 spiro atoms. The van der Waals surface area contributed by atoms with Crippen molar-refractivity contribution in [3.8, 4) is 34.9 Å². The summed E-state index contributed by atoms with van der Waals surface area (Å²) in [6.45, 7) is 27.8. The predicted octanol–water partition coefficient (Wildman–Crippen LogP) is 16.0. The van der Waals surface area contributed by atoms with E-state index in [0.717, 1.165) is 130 Å². The van der Waals surface area contributed by atoms with Crippen molar-refractivity contribution < 1.29 is 123 Å². The van der Waals surface area contributed by atoms with Gasteiger partial charge in [-0.2, -0.15) is 0 Å². The third-order valence-electron chi connectivity index (χ3n) is 29.4. The summed E-state index contributed by atoms with van der Waals surface area (Å²) in [5, 5.41) is 0. The molecule has 704 valence electrons. The van der Waals surface area contributed by atoms with Gasteiger partial charge in [-0.05, 0) is 192 Å². The molecule has 3 aromatic heterocycles. The largest absolute Gasteiger partial charge is 0.540 e. The molecule has 10 aliphatic rings. The van der Waals surface area contributed by atoms with Crippen LogP contribution in [-0.4, -0.2) is 194 Å². The molecule has 6 bridgehead atoms. The van der Waals surface area contributed by atoms with Crippen LogP contribution in [0.2, 0.25) is 0 Å². The first-order valence-electron chi connectivity index (χ1n) is 47.4. The van der Waals surface area contributed by atoms with Crippen LogP contribution in [0.4, 0.5) is 0 Å². The number of aromatic nitrogens is 6. The number of aryl methyl sites for hydroxylation is 3. The van der Waals surface area contributed by atoms with Crippen molar-refractivity contribution in [2.24, 2.45) is 81.3 Å². The number of hydrogen-bond acceptors (Lipinski definition) is 24. The summed E-state index contributed by atoms with van der Waals surface area (Å²) in [5.41, 5.74) is 4.65. The van der Waals surface area contributed by atoms with E-state index in [9.17, 15) is 43.2 Å². The smallest absolute Gasteiger partial charge is 0.307 e. The second kappa shape index (κ2) is 42.4. The van der Waals surface area contributed by atoms with Gasteiger partial charge in [-0.3, -0.25) is 33.6 Å². The topological polar surface area (TPSA) is 324 Å². The van der Waals surface area contributed by atoms with E-state index in [1.807, 2.05) is 145 Å². The summed E-state index contributed by atoms with van der Waals surface area (Å²) >= 11 is 0. The molecule has 2 radical (unpaired) electrons. The molecule has 16 rings (SSSR count). The third-order valence-corrected chi connectivity index (χ3v) is 29.4. The van der Waals surface area contributed by atoms with Crippen molar-refractivity contribution in [3.05, 3.63) is 71.7 Å². The molecule has 29 heteroatoms. The van der Waals surface area contributed by atoms with Gasteiger partial charge in [-0.15, -0.1) is 0 Å². The van der Waals surface area contributed by atoms with Crippen LogP contribution in [0.1, 0.15) is 255 Å². The second-order valence-corrected chi connectivity index (χ2v) is 41.3. The summed E-state index contributed by atoms with van der Waals surface area (Å²) < 4.78 is 54.1. The monoisotopic (exact) mass is 1860 g/mol. The first-order valence-corrected chi connectivity index (χ1v) is 47.4. The minimum atomic E-state index is -0.780. The van der Waals surface area contributed by atoms with Crippen molar-refractivity contribution in [2.45, 2.75) is 312 Å². The summed E-state index contributed by atoms with van der Waals surface area (Å²) in [6.07, 6.45) is 22.6. The summed E-state index contributed by atoms with van der Waals surface area (Å²) in [4.78, 5) is 154. The van der Waals surface area contributed by atoms with Gasteiger partial charge in [-0.1, -0.05) is 147 Å². The minimum Gasteiger partial charge on any atom is -0.540 e. The maximum Gasteiger partial charge on any atom is 0.307 e. The Labute approximate surface area is 790 Å². The average Bonchev–Trinajstić information content (AvgIpc) is 1.60. The SMILES string of the molecule is CC[C@@H]1[C@@H]2CN(C(=O)[C@H](C(C)(C)C)CC(=O)O[C@@H]3CC4CC4[C@H]3CCCCCc3nc4ccc(OC)cc4nc3O2)[C@@H]1C(C)=O.CC[C@@H]1[C@@H]2CN(C(=O)[C@H](C(C)(C)C)CC(=O)O[C@@H]3C[C@H]3CCCCCc3nc4ccc(OC)cc4nc3O2)[C@@H]1[C-]=O.CC[C@@H]1[C@@H]2CN(C(=O)[C@H](C(C)(C)C)CC(=O)O[C@]3(C)C[C@H]3CCCCCc3nc4ccc(OC)cc4nc3O2)[C@@H]1[C-]=O.[V].[V]. The molecule has 2 unspecified atom stereocenters. The molecule has 27 nitrogen and oxygen atoms in total. The maximum absolute atomic E-state index is 14.4. The van der Waals surface area contributed by atoms with Crippen LogP contribution in [0, 0.1) is 81.3 Å². The summed E-state index contributed by atoms with van der Waals surface area (Å²) in [5.74, 6) is 1.37. The maximum atomic E-state index is 14.4. The fourth-order valence-corrected chi connectivity index (χ4v) is 21.4. The van der Waals surface area contributed by atoms with E-state index in [1.54, 1.807) is 43.0 Å². The van der Waals surface area contributed by atoms with E-state index < -0.39 is 76.0 Å². The molecule has 4 saturated carbocycles. The van der Waals surface area contributed by atoms with E-state index in [2.05, 4.69) is 12.6 Å². The number of nitrogens with zero attached hydrogens (tertiary/aromatic N) is 9. The number of fused-ring (bicyclic) bond motifs is 17. The molecular weight excluding hydrogens is 1730 g/mol. The van der Waals surface area contributed by atoms with Crippen LogP contribution in [0.25, 0.3) is 33.1 Å². The molecule has 7 fully saturated rings. The van der Waals surface area contributed by atoms with Crippen LogP contribution in [0.3, 0.4) is 0 Å². The number of benzene rings is 3. The van der Waals surface area contributed by atoms with Crippen molar-refractivity contribution in [2.75, 3.05) is 41.0 Å². The number of rotatable bonds is 9. The normalized spacial score (nSPS) is 30.5. The van der Waals surface area contributed by atoms with Crippen LogP contribution in [0.5, 0.6) is 34.9 Å². The number of amides is 3. The standard InChI is InChI=1S/C36H49N3O6.C33H44N3O6.C32H42N3O6.2V/c1-7-23-31-19-39(33(23)20(2)40)35(42)26(36(3,4)5)18-32(41)44-30-16-21-15-25(21)24(30)11-9-8-10-12-28-34(45-31)38-29-17-22(43-6)13-14-27(29)37-28;1-7-22-27(19-37)36-18-28(22)41-30-25(34-24-14-13-21(40-6)15-26(24)35-30)12-10-8-9-11-20-17-33(20,5)42-29(38)16-23(31(36)39)32(2,3)4;1-6-21-26(18-36)35-17-28(21)41-30-24(33-23-13-12-20(39-5)15-25(23)34-30)11-9-7-8-10-19-14-27(19)40-29(37)16-22(31(35)38)32(2,3)4;;/h13-14,17,21,23-26,30-31,33H,7-12,15-16,18-19H2,1-6H3;13-15,20,22-23,27-28H,7-12,16-18H2,1-6H3;12-13,15,19,21-22,26-28H,6-11,14,16-17H2,1-5H3;;/q;2*-1;;/t21?,23-,24-,25?,26-,30-,31+,33-;20-,22+,23-,27-,28+,33-;19-,21+,22-,26-,27-,28+;;/m111../s1. The zero-order valence-electron chi connectivity index (χ0n) is 79.2. The third kappa shape index (κ3) is 22.9. The second-order valence-electron chi connectivity index (χ2n) is 41.3. The van der Waals surface area contributed by atoms with Crippen LogP contribution in [0.15, 0.2) is 54.6 Å². The Kier molecular flexibility index (Phi) is 32.7. The first kappa shape index (κ1) is 100. The van der Waals surface area contributed by atoms with E-state index >= 15 is 0 Å². The van der Waals surface area contributed by atoms with E-state index in [-0.39, 0.29) is 147 Å². The quantitative estimate of drug-likeness (QED) is 0.0737. The van der Waals surface area contributed by atoms with E-state index in [0.29, 0.717) is 120 Å². The molecule has 3 amide bonds. The molecule has 4 aliphatic carbocycles. The van der Waals surface area contributed by atoms with E-state index in [1.165, 1.54) is 6.42 Å². The van der Waals surface area contributed by atoms with Gasteiger partial charge in [0.1, 0.15) is 70.5 Å². The van der Waals surface area contributed by atoms with Gasteiger partial charge in [0.05, 0.1) is 117 Å². The number of carbonyl (C=O) groups excluding carboxylic acids is 9. The Hall–Kier alpha value is -8.52. The Morgan fingerprint density at radius 2 is 0.815 bits per heavy atom. The number of Topliss-reactive ketones (excluding diaryl/α,β-unsaturated/α-hetero) is 1. The number of methoxy groups -OCH3 is 3. The summed E-state index contributed by atoms with van der Waals surface area (Å²) in [7, 11) is 4.85. The van der Waals surface area contributed by atoms with Crippen LogP contribution in [-0.2, 0) is 114 Å². The Morgan fingerprint density at radius 1 is 0.438 bits per heavy atom. The number of ketones is 1. The molecule has 0 N–H and O–H groups in total. The Balaban J connectivity index is 0.000000175. The molecule has 3 saturated heterocycles. The Bertz CT molecular complexity index is 5070. The predicted molar refractivity (Wildman–Crippen MR) is 481 cm³/mol. The van der Waals surface area contributed by atoms with Gasteiger partial charge in [0.25, 0.3) is 0 Å². The van der Waals surface area contributed by atoms with Gasteiger partial charge in [0.15, 0.2) is 5.78 Å². The van der Waals surface area contributed by atoms with Crippen molar-refractivity contribution in [1.82, 2.24) is 44.6 Å². The number of carbonyl (C=O) groups is 7. The van der Waals surface area contributed by atoms with Crippen molar-refractivity contribution in [1.29, 1.82) is 0 Å². The Morgan fingerprint density at radius 3 is 1.22 bits per heavy atom. The average molecular weight is 1870 g/mol. The molecule has 20 atom stereocenters. The van der Waals surface area contributed by atoms with Crippen LogP contribution < -0.4 is 28.4 Å².